The van der Waals surface area contributed by atoms with Gasteiger partial charge in [0.25, 0.3) is 5.69 Å². The van der Waals surface area contributed by atoms with Gasteiger partial charge in [0.2, 0.25) is 10.0 Å². The van der Waals surface area contributed by atoms with Crippen LogP contribution in [0.5, 0.6) is 0 Å². The highest BCUT2D eigenvalue weighted by Crippen LogP contribution is 2.22. The summed E-state index contributed by atoms with van der Waals surface area (Å²) in [7, 11) is -3.96. The van der Waals surface area contributed by atoms with E-state index in [-0.39, 0.29) is 11.4 Å². The molecule has 27 heavy (non-hydrogen) atoms. The van der Waals surface area contributed by atoms with Crippen LogP contribution in [0.2, 0.25) is 0 Å². The first kappa shape index (κ1) is 18.7. The van der Waals surface area contributed by atoms with E-state index in [0.717, 1.165) is 11.4 Å². The van der Waals surface area contributed by atoms with Gasteiger partial charge in [-0.25, -0.2) is 18.1 Å². The Bertz CT molecular complexity index is 1030. The minimum absolute atomic E-state index is 0.154. The van der Waals surface area contributed by atoms with Crippen molar-refractivity contribution in [2.75, 3.05) is 6.54 Å². The third-order valence-corrected chi connectivity index (χ3v) is 5.48. The number of para-hydroxylation sites is 1. The molecule has 0 aliphatic heterocycles. The number of imidazole rings is 1. The third kappa shape index (κ3) is 4.39. The van der Waals surface area contributed by atoms with Crippen LogP contribution in [0.3, 0.4) is 0 Å². The Morgan fingerprint density at radius 1 is 1.07 bits per heavy atom. The van der Waals surface area contributed by atoms with Gasteiger partial charge >= 0.3 is 0 Å². The molecule has 0 saturated heterocycles. The largest absolute Gasteiger partial charge is 0.331 e. The molecule has 0 atom stereocenters. The highest BCUT2D eigenvalue weighted by Gasteiger charge is 2.24. The summed E-state index contributed by atoms with van der Waals surface area (Å²) in [5.41, 5.74) is 0.536. The van der Waals surface area contributed by atoms with Crippen LogP contribution in [0.4, 0.5) is 5.69 Å². The van der Waals surface area contributed by atoms with E-state index in [1.165, 1.54) is 24.3 Å². The monoisotopic (exact) mass is 386 g/mol. The number of benzene rings is 2. The van der Waals surface area contributed by atoms with Crippen molar-refractivity contribution in [3.8, 4) is 11.4 Å². The van der Waals surface area contributed by atoms with Crippen LogP contribution < -0.4 is 4.72 Å². The van der Waals surface area contributed by atoms with Crippen LogP contribution in [-0.2, 0) is 16.6 Å². The average molecular weight is 386 g/mol. The van der Waals surface area contributed by atoms with Gasteiger partial charge in [-0.1, -0.05) is 42.5 Å². The fourth-order valence-corrected chi connectivity index (χ4v) is 3.95. The molecule has 0 saturated carbocycles. The van der Waals surface area contributed by atoms with E-state index >= 15 is 0 Å². The molecule has 0 spiro atoms. The topological polar surface area (TPSA) is 107 Å². The average Bonchev–Trinajstić information content (AvgIpc) is 3.14. The molecule has 0 amide bonds. The number of nitro groups is 1. The van der Waals surface area contributed by atoms with Crippen molar-refractivity contribution < 1.29 is 13.3 Å². The van der Waals surface area contributed by atoms with Crippen molar-refractivity contribution in [1.29, 1.82) is 0 Å². The molecule has 0 aliphatic rings. The smallest absolute Gasteiger partial charge is 0.289 e. The van der Waals surface area contributed by atoms with E-state index in [2.05, 4.69) is 9.71 Å². The number of nitrogens with zero attached hydrogens (tertiary/aromatic N) is 3. The zero-order valence-electron chi connectivity index (χ0n) is 14.4. The molecule has 0 fully saturated rings. The molecule has 1 heterocycles. The van der Waals surface area contributed by atoms with Gasteiger partial charge in [-0.2, -0.15) is 0 Å². The lowest BCUT2D eigenvalue weighted by molar-refractivity contribution is -0.387. The molecule has 3 rings (SSSR count). The summed E-state index contributed by atoms with van der Waals surface area (Å²) >= 11 is 0. The Labute approximate surface area is 156 Å². The van der Waals surface area contributed by atoms with E-state index < -0.39 is 20.6 Å². The maximum Gasteiger partial charge on any atom is 0.289 e. The van der Waals surface area contributed by atoms with Crippen molar-refractivity contribution in [2.24, 2.45) is 0 Å². The normalized spacial score (nSPS) is 11.4. The first-order valence-corrected chi connectivity index (χ1v) is 9.77. The fraction of sp³-hybridized carbons (Fsp3) is 0.167. The highest BCUT2D eigenvalue weighted by atomic mass is 32.2. The van der Waals surface area contributed by atoms with E-state index in [9.17, 15) is 18.5 Å². The van der Waals surface area contributed by atoms with Crippen molar-refractivity contribution in [1.82, 2.24) is 14.3 Å². The molecule has 3 aromatic rings. The Morgan fingerprint density at radius 2 is 1.78 bits per heavy atom. The minimum Gasteiger partial charge on any atom is -0.331 e. The van der Waals surface area contributed by atoms with E-state index in [4.69, 9.17) is 0 Å². The van der Waals surface area contributed by atoms with Gasteiger partial charge in [0.15, 0.2) is 4.90 Å². The molecule has 2 aromatic carbocycles. The van der Waals surface area contributed by atoms with Crippen LogP contribution >= 0.6 is 0 Å². The summed E-state index contributed by atoms with van der Waals surface area (Å²) in [6, 6.07) is 15.0. The van der Waals surface area contributed by atoms with Crippen LogP contribution in [0.25, 0.3) is 11.4 Å². The number of aryl methyl sites for hydroxylation is 1. The summed E-state index contributed by atoms with van der Waals surface area (Å²) in [5, 5.41) is 11.0. The minimum atomic E-state index is -3.96. The molecule has 1 aromatic heterocycles. The van der Waals surface area contributed by atoms with Crippen LogP contribution in [-0.4, -0.2) is 29.4 Å². The van der Waals surface area contributed by atoms with Gasteiger partial charge in [0.1, 0.15) is 5.82 Å². The van der Waals surface area contributed by atoms with E-state index in [1.807, 2.05) is 41.1 Å². The molecule has 140 valence electrons. The fourth-order valence-electron chi connectivity index (χ4n) is 2.71. The first-order chi connectivity index (χ1) is 13.0. The third-order valence-electron chi connectivity index (χ3n) is 3.97. The van der Waals surface area contributed by atoms with Crippen molar-refractivity contribution in [2.45, 2.75) is 17.9 Å². The van der Waals surface area contributed by atoms with E-state index in [0.29, 0.717) is 13.0 Å². The Balaban J connectivity index is 1.63. The lowest BCUT2D eigenvalue weighted by Gasteiger charge is -2.09. The molecule has 9 heteroatoms. The molecule has 8 nitrogen and oxygen atoms in total. The number of rotatable bonds is 8. The van der Waals surface area contributed by atoms with Crippen molar-refractivity contribution in [3.05, 3.63) is 77.1 Å². The summed E-state index contributed by atoms with van der Waals surface area (Å²) in [4.78, 5) is 14.3. The number of nitrogens with one attached hydrogen (secondary N) is 1. The zero-order chi connectivity index (χ0) is 19.3. The molecule has 0 unspecified atom stereocenters. The van der Waals surface area contributed by atoms with Gasteiger partial charge in [-0.15, -0.1) is 0 Å². The predicted octanol–water partition coefficient (Wildman–Crippen LogP) is 2.83. The molecule has 0 radical (unpaired) electrons. The van der Waals surface area contributed by atoms with Gasteiger partial charge in [-0.3, -0.25) is 10.1 Å². The molecular formula is C18H18N4O4S. The predicted molar refractivity (Wildman–Crippen MR) is 101 cm³/mol. The van der Waals surface area contributed by atoms with Crippen molar-refractivity contribution >= 4 is 15.7 Å². The summed E-state index contributed by atoms with van der Waals surface area (Å²) in [5.74, 6) is 0.803. The van der Waals surface area contributed by atoms with Gasteiger partial charge < -0.3 is 4.57 Å². The van der Waals surface area contributed by atoms with Crippen molar-refractivity contribution in [3.63, 3.8) is 0 Å². The Kier molecular flexibility index (Phi) is 5.63. The lowest BCUT2D eigenvalue weighted by atomic mass is 10.2. The molecule has 1 N–H and O–H groups in total. The summed E-state index contributed by atoms with van der Waals surface area (Å²) < 4.78 is 29.1. The maximum absolute atomic E-state index is 12.4. The standard InChI is InChI=1S/C18H18N4O4S/c23-22(24)16-9-4-5-10-17(16)27(25,26)20-11-6-13-21-14-12-19-18(21)15-7-2-1-3-8-15/h1-5,7-10,12,14,20H,6,11,13H2. The van der Waals surface area contributed by atoms with Crippen LogP contribution in [0.1, 0.15) is 6.42 Å². The number of hydrogen-bond donors (Lipinski definition) is 1. The quantitative estimate of drug-likeness (QED) is 0.364. The first-order valence-electron chi connectivity index (χ1n) is 8.29. The second-order valence-corrected chi connectivity index (χ2v) is 7.52. The Morgan fingerprint density at radius 3 is 2.52 bits per heavy atom. The van der Waals surface area contributed by atoms with Crippen LogP contribution in [0.15, 0.2) is 71.9 Å². The molecular weight excluding hydrogens is 368 g/mol. The Hall–Kier alpha value is -3.04. The maximum atomic E-state index is 12.4. The van der Waals surface area contributed by atoms with Crippen LogP contribution in [0, 0.1) is 10.1 Å². The summed E-state index contributed by atoms with van der Waals surface area (Å²) in [6.45, 7) is 0.713. The van der Waals surface area contributed by atoms with E-state index in [1.54, 1.807) is 6.20 Å². The second-order valence-electron chi connectivity index (χ2n) is 5.79. The number of sulfonamides is 1. The summed E-state index contributed by atoms with van der Waals surface area (Å²) in [6.07, 6.45) is 4.04. The SMILES string of the molecule is O=[N+]([O-])c1ccccc1S(=O)(=O)NCCCn1ccnc1-c1ccccc1. The molecule has 0 aliphatic carbocycles. The zero-order valence-corrected chi connectivity index (χ0v) is 15.2. The number of aromatic nitrogens is 2. The van der Waals surface area contributed by atoms with Gasteiger partial charge in [-0.05, 0) is 12.5 Å². The van der Waals surface area contributed by atoms with Gasteiger partial charge in [0, 0.05) is 37.1 Å². The number of hydrogen-bond acceptors (Lipinski definition) is 5. The second kappa shape index (κ2) is 8.11. The molecule has 0 bridgehead atoms. The number of nitro benzene ring substituents is 1. The van der Waals surface area contributed by atoms with Gasteiger partial charge in [0.05, 0.1) is 4.92 Å². The lowest BCUT2D eigenvalue weighted by Crippen LogP contribution is -2.26. The highest BCUT2D eigenvalue weighted by molar-refractivity contribution is 7.89.